The Morgan fingerprint density at radius 1 is 0.690 bits per heavy atom. The second-order valence-corrected chi connectivity index (χ2v) is 8.77. The molecule has 29 heavy (non-hydrogen) atoms. The van der Waals surface area contributed by atoms with Crippen LogP contribution in [0.4, 0.5) is 0 Å². The summed E-state index contributed by atoms with van der Waals surface area (Å²) in [5.41, 5.74) is 0. The third-order valence-electron chi connectivity index (χ3n) is 5.87. The molecule has 0 heterocycles. The van der Waals surface area contributed by atoms with Crippen molar-refractivity contribution < 1.29 is 15.0 Å². The summed E-state index contributed by atoms with van der Waals surface area (Å²) in [6.45, 7) is 4.24. The zero-order chi connectivity index (χ0) is 21.6. The van der Waals surface area contributed by atoms with Crippen LogP contribution in [0.15, 0.2) is 0 Å². The van der Waals surface area contributed by atoms with Crippen molar-refractivity contribution in [3.8, 4) is 0 Å². The number of aliphatic hydroxyl groups excluding tert-OH is 2. The quantitative estimate of drug-likeness (QED) is 0.183. The second-order valence-electron chi connectivity index (χ2n) is 8.77. The van der Waals surface area contributed by atoms with Crippen molar-refractivity contribution in [2.75, 3.05) is 6.61 Å². The molecule has 0 saturated carbocycles. The molecule has 0 aromatic carbocycles. The Bertz CT molecular complexity index is 349. The summed E-state index contributed by atoms with van der Waals surface area (Å²) in [5.74, 6) is -0.0470. The maximum absolute atomic E-state index is 12.0. The minimum Gasteiger partial charge on any atom is -0.394 e. The predicted octanol–water partition coefficient (Wildman–Crippen LogP) is 6.28. The van der Waals surface area contributed by atoms with Gasteiger partial charge in [0.05, 0.1) is 18.8 Å². The van der Waals surface area contributed by atoms with Gasteiger partial charge in [0.25, 0.3) is 0 Å². The van der Waals surface area contributed by atoms with Gasteiger partial charge in [-0.2, -0.15) is 0 Å². The number of carbonyl (C=O) groups excluding carboxylic acids is 1. The molecule has 0 aliphatic rings. The third kappa shape index (κ3) is 19.1. The molecule has 0 bridgehead atoms. The van der Waals surface area contributed by atoms with Crippen molar-refractivity contribution in [2.24, 2.45) is 0 Å². The van der Waals surface area contributed by atoms with E-state index < -0.39 is 12.1 Å². The van der Waals surface area contributed by atoms with Gasteiger partial charge in [-0.25, -0.2) is 0 Å². The Labute approximate surface area is 181 Å². The molecule has 4 heteroatoms. The first-order valence-electron chi connectivity index (χ1n) is 12.7. The third-order valence-corrected chi connectivity index (χ3v) is 5.87. The van der Waals surface area contributed by atoms with Crippen LogP contribution in [-0.2, 0) is 4.79 Å². The van der Waals surface area contributed by atoms with Crippen LogP contribution in [0, 0.1) is 0 Å². The minimum atomic E-state index is -0.646. The monoisotopic (exact) mass is 413 g/mol. The van der Waals surface area contributed by atoms with E-state index in [9.17, 15) is 15.0 Å². The molecule has 0 aliphatic heterocycles. The molecule has 4 nitrogen and oxygen atoms in total. The molecule has 0 spiro atoms. The molecule has 0 radical (unpaired) electrons. The Kier molecular flexibility index (Phi) is 21.6. The number of unbranched alkanes of at least 4 members (excludes halogenated alkanes) is 15. The summed E-state index contributed by atoms with van der Waals surface area (Å²) in [7, 11) is 0. The lowest BCUT2D eigenvalue weighted by Gasteiger charge is -2.22. The highest BCUT2D eigenvalue weighted by atomic mass is 16.3. The molecule has 2 unspecified atom stereocenters. The van der Waals surface area contributed by atoms with Crippen LogP contribution in [0.5, 0.6) is 0 Å². The maximum Gasteiger partial charge on any atom is 0.220 e. The van der Waals surface area contributed by atoms with E-state index in [0.29, 0.717) is 12.8 Å². The van der Waals surface area contributed by atoms with Crippen molar-refractivity contribution in [1.29, 1.82) is 0 Å². The average Bonchev–Trinajstić information content (AvgIpc) is 2.72. The SMILES string of the molecule is CCCCCCCCCCCCCCC(O)C(CO)NC(=O)CCCCCCC. The molecule has 0 fully saturated rings. The molecule has 0 saturated heterocycles. The Morgan fingerprint density at radius 3 is 1.55 bits per heavy atom. The van der Waals surface area contributed by atoms with E-state index in [1.54, 1.807) is 0 Å². The van der Waals surface area contributed by atoms with Gasteiger partial charge >= 0.3 is 0 Å². The Morgan fingerprint density at radius 2 is 1.10 bits per heavy atom. The smallest absolute Gasteiger partial charge is 0.220 e. The summed E-state index contributed by atoms with van der Waals surface area (Å²) in [5, 5.41) is 22.6. The van der Waals surface area contributed by atoms with Crippen LogP contribution < -0.4 is 5.32 Å². The maximum atomic E-state index is 12.0. The van der Waals surface area contributed by atoms with E-state index >= 15 is 0 Å². The van der Waals surface area contributed by atoms with E-state index in [4.69, 9.17) is 0 Å². The van der Waals surface area contributed by atoms with Gasteiger partial charge in [-0.05, 0) is 12.8 Å². The topological polar surface area (TPSA) is 69.6 Å². The summed E-state index contributed by atoms with van der Waals surface area (Å²) in [6, 6.07) is -0.522. The van der Waals surface area contributed by atoms with Crippen molar-refractivity contribution in [3.05, 3.63) is 0 Å². The number of hydrogen-bond donors (Lipinski definition) is 3. The van der Waals surface area contributed by atoms with Crippen molar-refractivity contribution in [2.45, 2.75) is 148 Å². The first-order valence-corrected chi connectivity index (χ1v) is 12.7. The van der Waals surface area contributed by atoms with Gasteiger partial charge < -0.3 is 15.5 Å². The number of nitrogens with one attached hydrogen (secondary N) is 1. The fourth-order valence-corrected chi connectivity index (χ4v) is 3.83. The summed E-state index contributed by atoms with van der Waals surface area (Å²) in [4.78, 5) is 12.0. The highest BCUT2D eigenvalue weighted by Crippen LogP contribution is 2.14. The zero-order valence-electron chi connectivity index (χ0n) is 19.6. The van der Waals surface area contributed by atoms with E-state index in [0.717, 1.165) is 25.7 Å². The van der Waals surface area contributed by atoms with Gasteiger partial charge in [0, 0.05) is 6.42 Å². The van der Waals surface area contributed by atoms with Gasteiger partial charge in [0.2, 0.25) is 5.91 Å². The predicted molar refractivity (Wildman–Crippen MR) is 124 cm³/mol. The number of aliphatic hydroxyl groups is 2. The Hall–Kier alpha value is -0.610. The number of amides is 1. The molecule has 0 aromatic heterocycles. The fraction of sp³-hybridized carbons (Fsp3) is 0.960. The van der Waals surface area contributed by atoms with E-state index in [1.807, 2.05) is 0 Å². The van der Waals surface area contributed by atoms with Crippen LogP contribution in [0.1, 0.15) is 136 Å². The Balaban J connectivity index is 3.60. The van der Waals surface area contributed by atoms with Crippen LogP contribution >= 0.6 is 0 Å². The number of rotatable bonds is 22. The van der Waals surface area contributed by atoms with Gasteiger partial charge in [-0.1, -0.05) is 117 Å². The molecule has 3 N–H and O–H groups in total. The summed E-state index contributed by atoms with van der Waals surface area (Å²) in [6.07, 6.45) is 21.6. The fourth-order valence-electron chi connectivity index (χ4n) is 3.83. The van der Waals surface area contributed by atoms with Crippen molar-refractivity contribution in [3.63, 3.8) is 0 Å². The first-order chi connectivity index (χ1) is 14.2. The zero-order valence-corrected chi connectivity index (χ0v) is 19.6. The number of hydrogen-bond acceptors (Lipinski definition) is 3. The molecule has 2 atom stereocenters. The van der Waals surface area contributed by atoms with Gasteiger partial charge in [0.1, 0.15) is 0 Å². The van der Waals surface area contributed by atoms with Gasteiger partial charge in [-0.15, -0.1) is 0 Å². The lowest BCUT2D eigenvalue weighted by molar-refractivity contribution is -0.123. The summed E-state index contributed by atoms with van der Waals surface area (Å²) >= 11 is 0. The highest BCUT2D eigenvalue weighted by molar-refractivity contribution is 5.76. The molecule has 174 valence electrons. The largest absolute Gasteiger partial charge is 0.394 e. The second kappa shape index (κ2) is 22.1. The molecule has 0 aliphatic carbocycles. The lowest BCUT2D eigenvalue weighted by atomic mass is 10.0. The molecule has 1 amide bonds. The van der Waals surface area contributed by atoms with E-state index in [2.05, 4.69) is 19.2 Å². The lowest BCUT2D eigenvalue weighted by Crippen LogP contribution is -2.45. The average molecular weight is 414 g/mol. The molecular formula is C25H51NO3. The standard InChI is InChI=1S/C25H51NO3/c1-3-5-7-9-10-11-12-13-14-15-17-18-20-24(28)23(22-27)26-25(29)21-19-16-8-6-4-2/h23-24,27-28H,3-22H2,1-2H3,(H,26,29). The summed E-state index contributed by atoms with van der Waals surface area (Å²) < 4.78 is 0. The van der Waals surface area contributed by atoms with Gasteiger partial charge in [0.15, 0.2) is 0 Å². The van der Waals surface area contributed by atoms with E-state index in [-0.39, 0.29) is 12.5 Å². The molecule has 0 rings (SSSR count). The first kappa shape index (κ1) is 28.4. The van der Waals surface area contributed by atoms with Crippen LogP contribution in [0.25, 0.3) is 0 Å². The van der Waals surface area contributed by atoms with Crippen LogP contribution in [0.3, 0.4) is 0 Å². The number of carbonyl (C=O) groups is 1. The highest BCUT2D eigenvalue weighted by Gasteiger charge is 2.19. The van der Waals surface area contributed by atoms with Crippen LogP contribution in [-0.4, -0.2) is 34.9 Å². The van der Waals surface area contributed by atoms with Crippen molar-refractivity contribution in [1.82, 2.24) is 5.32 Å². The van der Waals surface area contributed by atoms with Gasteiger partial charge in [-0.3, -0.25) is 4.79 Å². The molecular weight excluding hydrogens is 362 g/mol. The van der Waals surface area contributed by atoms with E-state index in [1.165, 1.54) is 83.5 Å². The molecule has 0 aromatic rings. The van der Waals surface area contributed by atoms with Crippen LogP contribution in [0.2, 0.25) is 0 Å². The normalized spacial score (nSPS) is 13.4. The minimum absolute atomic E-state index is 0.0470. The van der Waals surface area contributed by atoms with Crippen molar-refractivity contribution >= 4 is 5.91 Å².